The molecule has 1 aliphatic rings. The Bertz CT molecular complexity index is 371. The van der Waals surface area contributed by atoms with Crippen LogP contribution in [0.3, 0.4) is 0 Å². The van der Waals surface area contributed by atoms with E-state index in [4.69, 9.17) is 0 Å². The summed E-state index contributed by atoms with van der Waals surface area (Å²) >= 11 is 1.76. The van der Waals surface area contributed by atoms with Crippen molar-refractivity contribution in [1.29, 1.82) is 0 Å². The van der Waals surface area contributed by atoms with Crippen molar-refractivity contribution in [1.82, 2.24) is 10.2 Å². The monoisotopic (exact) mass is 266 g/mol. The van der Waals surface area contributed by atoms with E-state index < -0.39 is 0 Å². The number of hydrogen-bond donors (Lipinski definition) is 1. The van der Waals surface area contributed by atoms with Gasteiger partial charge >= 0.3 is 0 Å². The summed E-state index contributed by atoms with van der Waals surface area (Å²) in [7, 11) is 1.93. The van der Waals surface area contributed by atoms with Crippen LogP contribution >= 0.6 is 11.3 Å². The molecule has 100 valence electrons. The number of amides is 1. The second kappa shape index (κ2) is 6.34. The highest BCUT2D eigenvalue weighted by atomic mass is 32.1. The number of rotatable bonds is 4. The molecule has 1 unspecified atom stereocenters. The molecule has 1 saturated heterocycles. The maximum absolute atomic E-state index is 12.3. The summed E-state index contributed by atoms with van der Waals surface area (Å²) in [6.45, 7) is 3.10. The van der Waals surface area contributed by atoms with Crippen LogP contribution in [0, 0.1) is 0 Å². The van der Waals surface area contributed by atoms with Crippen LogP contribution in [0.15, 0.2) is 17.5 Å². The van der Waals surface area contributed by atoms with Crippen LogP contribution in [0.4, 0.5) is 0 Å². The summed E-state index contributed by atoms with van der Waals surface area (Å²) in [5.41, 5.74) is 0. The van der Waals surface area contributed by atoms with E-state index in [-0.39, 0.29) is 18.0 Å². The van der Waals surface area contributed by atoms with E-state index >= 15 is 0 Å². The van der Waals surface area contributed by atoms with Gasteiger partial charge in [0.05, 0.1) is 6.04 Å². The van der Waals surface area contributed by atoms with E-state index in [2.05, 4.69) is 29.8 Å². The molecule has 1 aliphatic heterocycles. The Morgan fingerprint density at radius 1 is 1.61 bits per heavy atom. The molecule has 0 spiro atoms. The van der Waals surface area contributed by atoms with Crippen molar-refractivity contribution in [3.8, 4) is 0 Å². The molecule has 1 N–H and O–H groups in total. The predicted octanol–water partition coefficient (Wildman–Crippen LogP) is 2.28. The van der Waals surface area contributed by atoms with Gasteiger partial charge in [-0.15, -0.1) is 11.3 Å². The Morgan fingerprint density at radius 2 is 2.44 bits per heavy atom. The zero-order chi connectivity index (χ0) is 13.0. The lowest BCUT2D eigenvalue weighted by Crippen LogP contribution is -2.50. The average Bonchev–Trinajstić information content (AvgIpc) is 2.91. The minimum absolute atomic E-state index is 0.0366. The largest absolute Gasteiger partial charge is 0.341 e. The number of nitrogens with zero attached hydrogens (tertiary/aromatic N) is 1. The number of likely N-dealkylation sites (N-methyl/N-ethyl adjacent to an activating group) is 1. The quantitative estimate of drug-likeness (QED) is 0.907. The van der Waals surface area contributed by atoms with Crippen molar-refractivity contribution in [2.24, 2.45) is 0 Å². The highest BCUT2D eigenvalue weighted by Crippen LogP contribution is 2.16. The lowest BCUT2D eigenvalue weighted by Gasteiger charge is -2.31. The fourth-order valence-corrected chi connectivity index (χ4v) is 3.21. The summed E-state index contributed by atoms with van der Waals surface area (Å²) in [6.07, 6.45) is 4.29. The number of nitrogens with one attached hydrogen (secondary N) is 1. The number of carbonyl (C=O) groups excluding carboxylic acids is 1. The van der Waals surface area contributed by atoms with E-state index in [0.29, 0.717) is 0 Å². The minimum atomic E-state index is 0.0366. The molecule has 18 heavy (non-hydrogen) atoms. The Balaban J connectivity index is 1.88. The molecular weight excluding hydrogens is 244 g/mol. The predicted molar refractivity (Wildman–Crippen MR) is 75.9 cm³/mol. The van der Waals surface area contributed by atoms with Gasteiger partial charge in [-0.05, 0) is 37.8 Å². The SMILES string of the molecule is CC(Cc1cccs1)N(C)C(=O)[C@@H]1CCCCN1. The Labute approximate surface area is 113 Å². The first-order valence-corrected chi connectivity index (χ1v) is 7.59. The summed E-state index contributed by atoms with van der Waals surface area (Å²) in [5, 5.41) is 5.41. The van der Waals surface area contributed by atoms with Gasteiger partial charge in [-0.2, -0.15) is 0 Å². The zero-order valence-corrected chi connectivity index (χ0v) is 12.0. The van der Waals surface area contributed by atoms with Crippen LogP contribution < -0.4 is 5.32 Å². The smallest absolute Gasteiger partial charge is 0.239 e. The van der Waals surface area contributed by atoms with Crippen LogP contribution in [-0.4, -0.2) is 36.5 Å². The molecule has 1 aromatic heterocycles. The van der Waals surface area contributed by atoms with Crippen molar-refractivity contribution in [2.45, 2.75) is 44.7 Å². The maximum Gasteiger partial charge on any atom is 0.239 e. The molecule has 0 aromatic carbocycles. The highest BCUT2D eigenvalue weighted by Gasteiger charge is 2.26. The van der Waals surface area contributed by atoms with Gasteiger partial charge < -0.3 is 10.2 Å². The Hall–Kier alpha value is -0.870. The molecule has 3 nitrogen and oxygen atoms in total. The van der Waals surface area contributed by atoms with Crippen LogP contribution in [0.2, 0.25) is 0 Å². The normalized spacial score (nSPS) is 21.6. The molecule has 0 aliphatic carbocycles. The summed E-state index contributed by atoms with van der Waals surface area (Å²) in [6, 6.07) is 4.50. The van der Waals surface area contributed by atoms with E-state index in [1.54, 1.807) is 11.3 Å². The fourth-order valence-electron chi connectivity index (χ4n) is 2.38. The van der Waals surface area contributed by atoms with Gasteiger partial charge in [0.1, 0.15) is 0 Å². The van der Waals surface area contributed by atoms with Crippen LogP contribution in [-0.2, 0) is 11.2 Å². The Kier molecular flexibility index (Phi) is 4.78. The standard InChI is InChI=1S/C14H22N2OS/c1-11(10-12-6-5-9-18-12)16(2)14(17)13-7-3-4-8-15-13/h5-6,9,11,13,15H,3-4,7-8,10H2,1-2H3/t11?,13-/m0/s1. The zero-order valence-electron chi connectivity index (χ0n) is 11.2. The van der Waals surface area contributed by atoms with Crippen molar-refractivity contribution in [2.75, 3.05) is 13.6 Å². The first kappa shape index (κ1) is 13.6. The lowest BCUT2D eigenvalue weighted by atomic mass is 10.0. The first-order valence-electron chi connectivity index (χ1n) is 6.71. The summed E-state index contributed by atoms with van der Waals surface area (Å²) < 4.78 is 0. The maximum atomic E-state index is 12.3. The van der Waals surface area contributed by atoms with Crippen LogP contribution in [0.5, 0.6) is 0 Å². The second-order valence-electron chi connectivity index (χ2n) is 5.08. The van der Waals surface area contributed by atoms with Gasteiger partial charge in [0.2, 0.25) is 5.91 Å². The van der Waals surface area contributed by atoms with Crippen LogP contribution in [0.1, 0.15) is 31.1 Å². The molecule has 0 saturated carbocycles. The fraction of sp³-hybridized carbons (Fsp3) is 0.643. The molecule has 1 amide bonds. The summed E-state index contributed by atoms with van der Waals surface area (Å²) in [4.78, 5) is 15.6. The number of piperidine rings is 1. The topological polar surface area (TPSA) is 32.3 Å². The first-order chi connectivity index (χ1) is 8.68. The van der Waals surface area contributed by atoms with Crippen LogP contribution in [0.25, 0.3) is 0 Å². The molecule has 0 radical (unpaired) electrons. The third-order valence-electron chi connectivity index (χ3n) is 3.69. The van der Waals surface area contributed by atoms with E-state index in [0.717, 1.165) is 25.8 Å². The molecule has 2 atom stereocenters. The molecule has 1 fully saturated rings. The minimum Gasteiger partial charge on any atom is -0.341 e. The number of thiophene rings is 1. The van der Waals surface area contributed by atoms with Crippen molar-refractivity contribution in [3.63, 3.8) is 0 Å². The number of carbonyl (C=O) groups is 1. The van der Waals surface area contributed by atoms with Gasteiger partial charge in [0.25, 0.3) is 0 Å². The van der Waals surface area contributed by atoms with Crippen molar-refractivity contribution in [3.05, 3.63) is 22.4 Å². The highest BCUT2D eigenvalue weighted by molar-refractivity contribution is 7.09. The van der Waals surface area contributed by atoms with Gasteiger partial charge in [-0.1, -0.05) is 12.5 Å². The third-order valence-corrected chi connectivity index (χ3v) is 4.59. The molecule has 2 heterocycles. The van der Waals surface area contributed by atoms with Gasteiger partial charge in [-0.3, -0.25) is 4.79 Å². The molecule has 0 bridgehead atoms. The molecule has 4 heteroatoms. The van der Waals surface area contributed by atoms with E-state index in [1.807, 2.05) is 11.9 Å². The average molecular weight is 266 g/mol. The van der Waals surface area contributed by atoms with E-state index in [9.17, 15) is 4.79 Å². The van der Waals surface area contributed by atoms with Gasteiger partial charge in [-0.25, -0.2) is 0 Å². The van der Waals surface area contributed by atoms with Crippen molar-refractivity contribution < 1.29 is 4.79 Å². The van der Waals surface area contributed by atoms with Gasteiger partial charge in [0, 0.05) is 24.4 Å². The van der Waals surface area contributed by atoms with Crippen molar-refractivity contribution >= 4 is 17.2 Å². The summed E-state index contributed by atoms with van der Waals surface area (Å²) in [5.74, 6) is 0.249. The third kappa shape index (κ3) is 3.33. The van der Waals surface area contributed by atoms with Gasteiger partial charge in [0.15, 0.2) is 0 Å². The molecule has 2 rings (SSSR count). The van der Waals surface area contributed by atoms with E-state index in [1.165, 1.54) is 11.3 Å². The lowest BCUT2D eigenvalue weighted by molar-refractivity contribution is -0.134. The Morgan fingerprint density at radius 3 is 3.06 bits per heavy atom. The second-order valence-corrected chi connectivity index (χ2v) is 6.12. The number of hydrogen-bond acceptors (Lipinski definition) is 3. The molecular formula is C14H22N2OS. The molecule has 1 aromatic rings.